The predicted octanol–water partition coefficient (Wildman–Crippen LogP) is 2.24. The summed E-state index contributed by atoms with van der Waals surface area (Å²) in [6.45, 7) is 1.90. The molecular weight excluding hydrogens is 202 g/mol. The van der Waals surface area contributed by atoms with Crippen molar-refractivity contribution in [2.45, 2.75) is 19.8 Å². The summed E-state index contributed by atoms with van der Waals surface area (Å²) in [7, 11) is 0. The lowest BCUT2D eigenvalue weighted by molar-refractivity contribution is -0.119. The smallest absolute Gasteiger partial charge is 0.180 e. The van der Waals surface area contributed by atoms with Gasteiger partial charge in [-0.05, 0) is 6.42 Å². The highest BCUT2D eigenvalue weighted by Crippen LogP contribution is 2.28. The van der Waals surface area contributed by atoms with Crippen molar-refractivity contribution in [1.82, 2.24) is 0 Å². The number of carbonyl (C=O) groups excluding carboxylic acids is 2. The molecular formula is C13H13NO2. The number of fused-ring (bicyclic) bond motifs is 1. The average molecular weight is 215 g/mol. The van der Waals surface area contributed by atoms with Crippen LogP contribution in [0.5, 0.6) is 0 Å². The molecule has 0 aliphatic heterocycles. The Bertz CT molecular complexity index is 442. The maximum Gasteiger partial charge on any atom is 0.180 e. The van der Waals surface area contributed by atoms with Crippen molar-refractivity contribution in [3.8, 4) is 0 Å². The number of hydrogen-bond acceptors (Lipinski definition) is 3. The van der Waals surface area contributed by atoms with E-state index < -0.39 is 5.92 Å². The second kappa shape index (κ2) is 4.00. The molecule has 0 amide bonds. The van der Waals surface area contributed by atoms with E-state index in [9.17, 15) is 9.59 Å². The van der Waals surface area contributed by atoms with Gasteiger partial charge in [-0.25, -0.2) is 0 Å². The van der Waals surface area contributed by atoms with Gasteiger partial charge < -0.3 is 5.41 Å². The van der Waals surface area contributed by atoms with E-state index in [0.29, 0.717) is 24.0 Å². The second-order valence-electron chi connectivity index (χ2n) is 3.97. The first kappa shape index (κ1) is 10.7. The fourth-order valence-electron chi connectivity index (χ4n) is 2.07. The minimum absolute atomic E-state index is 0.131. The van der Waals surface area contributed by atoms with E-state index in [0.717, 1.165) is 0 Å². The third-order valence-corrected chi connectivity index (χ3v) is 2.85. The molecule has 0 fully saturated rings. The van der Waals surface area contributed by atoms with Crippen LogP contribution in [-0.4, -0.2) is 17.3 Å². The van der Waals surface area contributed by atoms with Crippen LogP contribution in [0.25, 0.3) is 0 Å². The Balaban J connectivity index is 2.39. The lowest BCUT2D eigenvalue weighted by Crippen LogP contribution is -2.25. The molecule has 3 nitrogen and oxygen atoms in total. The van der Waals surface area contributed by atoms with Gasteiger partial charge in [0.1, 0.15) is 11.7 Å². The Hall–Kier alpha value is -1.77. The summed E-state index contributed by atoms with van der Waals surface area (Å²) in [5, 5.41) is 7.89. The van der Waals surface area contributed by atoms with Crippen molar-refractivity contribution in [1.29, 1.82) is 5.41 Å². The number of Topliss-reactive ketones (excluding diaryl/α,β-unsaturated/α-hetero) is 2. The molecule has 0 spiro atoms. The molecule has 0 saturated heterocycles. The number of rotatable bonds is 3. The van der Waals surface area contributed by atoms with Gasteiger partial charge in [0.15, 0.2) is 5.78 Å². The predicted molar refractivity (Wildman–Crippen MR) is 61.0 cm³/mol. The summed E-state index contributed by atoms with van der Waals surface area (Å²) < 4.78 is 0. The van der Waals surface area contributed by atoms with Gasteiger partial charge in [0.2, 0.25) is 0 Å². The summed E-state index contributed by atoms with van der Waals surface area (Å²) >= 11 is 0. The highest BCUT2D eigenvalue weighted by atomic mass is 16.2. The molecule has 1 aliphatic carbocycles. The molecule has 82 valence electrons. The fourth-order valence-corrected chi connectivity index (χ4v) is 2.07. The van der Waals surface area contributed by atoms with Crippen molar-refractivity contribution in [2.24, 2.45) is 5.92 Å². The molecule has 16 heavy (non-hydrogen) atoms. The molecule has 1 aliphatic rings. The topological polar surface area (TPSA) is 58.0 Å². The summed E-state index contributed by atoms with van der Waals surface area (Å²) in [4.78, 5) is 23.7. The van der Waals surface area contributed by atoms with Crippen LogP contribution in [0, 0.1) is 11.3 Å². The molecule has 0 bridgehead atoms. The lowest BCUT2D eigenvalue weighted by Gasteiger charge is -2.05. The maximum atomic E-state index is 12.0. The van der Waals surface area contributed by atoms with Crippen LogP contribution in [0.2, 0.25) is 0 Å². The van der Waals surface area contributed by atoms with Gasteiger partial charge >= 0.3 is 0 Å². The van der Waals surface area contributed by atoms with Gasteiger partial charge in [-0.3, -0.25) is 9.59 Å². The van der Waals surface area contributed by atoms with Gasteiger partial charge in [0, 0.05) is 17.5 Å². The SMILES string of the molecule is CCCC(=O)C1C(=N)c2ccccc2C1=O. The van der Waals surface area contributed by atoms with Crippen molar-refractivity contribution in [2.75, 3.05) is 0 Å². The highest BCUT2D eigenvalue weighted by molar-refractivity contribution is 6.36. The molecule has 0 radical (unpaired) electrons. The summed E-state index contributed by atoms with van der Waals surface area (Å²) in [5.41, 5.74) is 1.29. The second-order valence-corrected chi connectivity index (χ2v) is 3.97. The van der Waals surface area contributed by atoms with Crippen LogP contribution >= 0.6 is 0 Å². The zero-order valence-electron chi connectivity index (χ0n) is 9.12. The van der Waals surface area contributed by atoms with E-state index >= 15 is 0 Å². The van der Waals surface area contributed by atoms with Gasteiger partial charge in [0.05, 0.1) is 5.71 Å². The van der Waals surface area contributed by atoms with Crippen LogP contribution in [0.15, 0.2) is 24.3 Å². The summed E-state index contributed by atoms with van der Waals surface area (Å²) in [6.07, 6.45) is 1.08. The Morgan fingerprint density at radius 1 is 1.31 bits per heavy atom. The van der Waals surface area contributed by atoms with Gasteiger partial charge in [-0.1, -0.05) is 31.2 Å². The third-order valence-electron chi connectivity index (χ3n) is 2.85. The van der Waals surface area contributed by atoms with Crippen LogP contribution in [0.3, 0.4) is 0 Å². The minimum atomic E-state index is -0.850. The first-order valence-corrected chi connectivity index (χ1v) is 5.41. The molecule has 3 heteroatoms. The van der Waals surface area contributed by atoms with E-state index in [4.69, 9.17) is 5.41 Å². The Morgan fingerprint density at radius 2 is 1.94 bits per heavy atom. The summed E-state index contributed by atoms with van der Waals surface area (Å²) in [5.74, 6) is -1.19. The number of nitrogens with one attached hydrogen (secondary N) is 1. The largest absolute Gasteiger partial charge is 0.303 e. The highest BCUT2D eigenvalue weighted by Gasteiger charge is 2.39. The van der Waals surface area contributed by atoms with Crippen LogP contribution in [0.4, 0.5) is 0 Å². The Labute approximate surface area is 94.0 Å². The summed E-state index contributed by atoms with van der Waals surface area (Å²) in [6, 6.07) is 6.96. The van der Waals surface area contributed by atoms with Crippen molar-refractivity contribution >= 4 is 17.3 Å². The van der Waals surface area contributed by atoms with Gasteiger partial charge in [-0.15, -0.1) is 0 Å². The van der Waals surface area contributed by atoms with Crippen molar-refractivity contribution in [3.63, 3.8) is 0 Å². The van der Waals surface area contributed by atoms with Crippen molar-refractivity contribution < 1.29 is 9.59 Å². The number of ketones is 2. The fraction of sp³-hybridized carbons (Fsp3) is 0.308. The quantitative estimate of drug-likeness (QED) is 0.786. The van der Waals surface area contributed by atoms with Gasteiger partial charge in [0.25, 0.3) is 0 Å². The first-order valence-electron chi connectivity index (χ1n) is 5.41. The molecule has 1 aromatic rings. The number of hydrogen-bond donors (Lipinski definition) is 1. The number of carbonyl (C=O) groups is 2. The van der Waals surface area contributed by atoms with Crippen LogP contribution < -0.4 is 0 Å². The molecule has 1 N–H and O–H groups in total. The van der Waals surface area contributed by atoms with Crippen molar-refractivity contribution in [3.05, 3.63) is 35.4 Å². The maximum absolute atomic E-state index is 12.0. The molecule has 1 atom stereocenters. The normalized spacial score (nSPS) is 18.7. The van der Waals surface area contributed by atoms with Gasteiger partial charge in [-0.2, -0.15) is 0 Å². The zero-order chi connectivity index (χ0) is 11.7. The zero-order valence-corrected chi connectivity index (χ0v) is 9.12. The third kappa shape index (κ3) is 1.48. The standard InChI is InChI=1S/C13H13NO2/c1-2-5-10(15)11-12(14)8-6-3-4-7-9(8)13(11)16/h3-4,6-7,11,14H,2,5H2,1H3. The Kier molecular flexibility index (Phi) is 2.69. The van der Waals surface area contributed by atoms with E-state index in [1.165, 1.54) is 0 Å². The number of benzene rings is 1. The van der Waals surface area contributed by atoms with E-state index in [-0.39, 0.29) is 17.3 Å². The lowest BCUT2D eigenvalue weighted by atomic mass is 9.95. The van der Waals surface area contributed by atoms with Crippen LogP contribution in [-0.2, 0) is 4.79 Å². The van der Waals surface area contributed by atoms with E-state index in [2.05, 4.69) is 0 Å². The minimum Gasteiger partial charge on any atom is -0.303 e. The molecule has 1 aromatic carbocycles. The van der Waals surface area contributed by atoms with E-state index in [1.807, 2.05) is 6.92 Å². The van der Waals surface area contributed by atoms with E-state index in [1.54, 1.807) is 24.3 Å². The average Bonchev–Trinajstić information content (AvgIpc) is 2.53. The molecule has 1 unspecified atom stereocenters. The molecule has 2 rings (SSSR count). The Morgan fingerprint density at radius 3 is 2.50 bits per heavy atom. The molecule has 0 aromatic heterocycles. The molecule has 0 saturated carbocycles. The van der Waals surface area contributed by atoms with Crippen LogP contribution in [0.1, 0.15) is 35.7 Å². The first-order chi connectivity index (χ1) is 7.66. The molecule has 0 heterocycles. The monoisotopic (exact) mass is 215 g/mol.